The second-order valence-corrected chi connectivity index (χ2v) is 14.5. The molecular weight excluding hydrogens is 385 g/mol. The highest BCUT2D eigenvalue weighted by Crippen LogP contribution is 2.36. The van der Waals surface area contributed by atoms with E-state index in [2.05, 4.69) is 33.9 Å². The van der Waals surface area contributed by atoms with Crippen molar-refractivity contribution >= 4 is 49.0 Å². The van der Waals surface area contributed by atoms with E-state index in [4.69, 9.17) is 49.4 Å². The number of nitrogens with one attached hydrogen (secondary N) is 1. The molecular formula is C17H32Cl3NO2Si. The smallest absolute Gasteiger partial charge is 0.265 e. The highest BCUT2D eigenvalue weighted by Gasteiger charge is 2.36. The number of halogens is 3. The Morgan fingerprint density at radius 2 is 1.58 bits per heavy atom. The Morgan fingerprint density at radius 3 is 2.12 bits per heavy atom. The summed E-state index contributed by atoms with van der Waals surface area (Å²) in [4.78, 5) is 0. The summed E-state index contributed by atoms with van der Waals surface area (Å²) in [5.74, 6) is -0.348. The van der Waals surface area contributed by atoms with Gasteiger partial charge < -0.3 is 9.16 Å². The van der Waals surface area contributed by atoms with Crippen LogP contribution >= 0.6 is 34.8 Å². The van der Waals surface area contributed by atoms with E-state index in [1.165, 1.54) is 12.8 Å². The topological polar surface area (TPSA) is 42.3 Å². The van der Waals surface area contributed by atoms with Crippen LogP contribution in [0.15, 0.2) is 12.2 Å². The molecule has 0 aromatic rings. The van der Waals surface area contributed by atoms with Crippen LogP contribution in [0, 0.1) is 5.41 Å². The van der Waals surface area contributed by atoms with Gasteiger partial charge in [0.05, 0.1) is 0 Å². The molecule has 0 bridgehead atoms. The quantitative estimate of drug-likeness (QED) is 0.105. The molecule has 7 heteroatoms. The molecule has 0 saturated carbocycles. The summed E-state index contributed by atoms with van der Waals surface area (Å²) >= 11 is 16.5. The van der Waals surface area contributed by atoms with E-state index in [0.717, 1.165) is 25.9 Å². The van der Waals surface area contributed by atoms with Crippen LogP contribution < -0.4 is 0 Å². The van der Waals surface area contributed by atoms with Crippen molar-refractivity contribution in [2.45, 2.75) is 74.8 Å². The summed E-state index contributed by atoms with van der Waals surface area (Å²) in [5, 5.41) is 7.66. The van der Waals surface area contributed by atoms with Crippen LogP contribution in [-0.2, 0) is 9.16 Å². The number of hydrogen-bond donors (Lipinski definition) is 1. The van der Waals surface area contributed by atoms with Gasteiger partial charge in [0.15, 0.2) is 8.32 Å². The number of hydrogen-bond acceptors (Lipinski definition) is 3. The van der Waals surface area contributed by atoms with Crippen molar-refractivity contribution in [1.82, 2.24) is 0 Å². The van der Waals surface area contributed by atoms with E-state index in [1.807, 2.05) is 12.2 Å². The van der Waals surface area contributed by atoms with Gasteiger partial charge in [0.25, 0.3) is 3.79 Å². The fourth-order valence-corrected chi connectivity index (χ4v) is 2.91. The molecule has 0 heterocycles. The molecule has 3 nitrogen and oxygen atoms in total. The lowest BCUT2D eigenvalue weighted by Gasteiger charge is -2.36. The lowest BCUT2D eigenvalue weighted by Crippen LogP contribution is -2.40. The van der Waals surface area contributed by atoms with E-state index >= 15 is 0 Å². The summed E-state index contributed by atoms with van der Waals surface area (Å²) in [7, 11) is -1.59. The molecule has 0 spiro atoms. The predicted molar refractivity (Wildman–Crippen MR) is 109 cm³/mol. The Bertz CT molecular complexity index is 402. The Kier molecular flexibility index (Phi) is 11.2. The molecule has 24 heavy (non-hydrogen) atoms. The molecule has 0 fully saturated rings. The molecule has 0 aliphatic heterocycles. The lowest BCUT2D eigenvalue weighted by molar-refractivity contribution is 0.277. The van der Waals surface area contributed by atoms with Crippen molar-refractivity contribution in [3.63, 3.8) is 0 Å². The molecule has 142 valence electrons. The van der Waals surface area contributed by atoms with Crippen molar-refractivity contribution < 1.29 is 9.16 Å². The zero-order valence-corrected chi connectivity index (χ0v) is 18.8. The molecule has 0 aliphatic rings. The lowest BCUT2D eigenvalue weighted by atomic mass is 10.1. The monoisotopic (exact) mass is 415 g/mol. The van der Waals surface area contributed by atoms with Crippen LogP contribution in [0.1, 0.15) is 52.9 Å². The van der Waals surface area contributed by atoms with Gasteiger partial charge in [0, 0.05) is 6.61 Å². The van der Waals surface area contributed by atoms with Gasteiger partial charge in [0.1, 0.15) is 6.61 Å². The van der Waals surface area contributed by atoms with Gasteiger partial charge in [0.2, 0.25) is 5.90 Å². The average molecular weight is 417 g/mol. The zero-order chi connectivity index (χ0) is 18.9. The maximum Gasteiger partial charge on any atom is 0.265 e. The summed E-state index contributed by atoms with van der Waals surface area (Å²) in [6, 6.07) is 0. The summed E-state index contributed by atoms with van der Waals surface area (Å²) in [6.07, 6.45) is 9.53. The normalized spacial score (nSPS) is 13.5. The molecule has 1 N–H and O–H groups in total. The van der Waals surface area contributed by atoms with Gasteiger partial charge >= 0.3 is 0 Å². The van der Waals surface area contributed by atoms with Gasteiger partial charge in [-0.1, -0.05) is 80.6 Å². The van der Waals surface area contributed by atoms with Crippen molar-refractivity contribution in [2.75, 3.05) is 13.2 Å². The van der Waals surface area contributed by atoms with Gasteiger partial charge in [-0.3, -0.25) is 5.41 Å². The standard InChI is InChI=1S/C17H32Cl3NO2Si/c1-16(2,3)24(4,5)23-14-12-10-8-6-7-9-11-13-22-15(21)17(18,19)20/h9,11,21H,6-8,10,12-14H2,1-5H3/b11-9+,21-15?. The van der Waals surface area contributed by atoms with Crippen LogP contribution in [-0.4, -0.2) is 31.2 Å². The van der Waals surface area contributed by atoms with Crippen LogP contribution in [0.5, 0.6) is 0 Å². The zero-order valence-electron chi connectivity index (χ0n) is 15.6. The first kappa shape index (κ1) is 24.3. The molecule has 0 aromatic carbocycles. The number of unbranched alkanes of at least 4 members (excludes halogenated alkanes) is 4. The number of allylic oxidation sites excluding steroid dienone is 1. The first-order valence-electron chi connectivity index (χ1n) is 8.45. The Morgan fingerprint density at radius 1 is 1.00 bits per heavy atom. The van der Waals surface area contributed by atoms with Crippen LogP contribution in [0.2, 0.25) is 18.1 Å². The molecule has 0 aromatic heterocycles. The van der Waals surface area contributed by atoms with E-state index in [0.29, 0.717) is 0 Å². The van der Waals surface area contributed by atoms with Crippen LogP contribution in [0.3, 0.4) is 0 Å². The van der Waals surface area contributed by atoms with E-state index < -0.39 is 12.1 Å². The number of alkyl halides is 3. The Labute approximate surface area is 163 Å². The van der Waals surface area contributed by atoms with E-state index in [-0.39, 0.29) is 17.5 Å². The molecule has 0 amide bonds. The largest absolute Gasteiger partial charge is 0.474 e. The SMILES string of the molecule is CC(C)(C)[Si](C)(C)OCCCCCC/C=C/COC(=N)C(Cl)(Cl)Cl. The maximum atomic E-state index is 7.37. The van der Waals surface area contributed by atoms with Crippen molar-refractivity contribution in [2.24, 2.45) is 0 Å². The highest BCUT2D eigenvalue weighted by atomic mass is 35.6. The third-order valence-electron chi connectivity index (χ3n) is 4.28. The fraction of sp³-hybridized carbons (Fsp3) is 0.824. The maximum absolute atomic E-state index is 7.37. The minimum Gasteiger partial charge on any atom is -0.474 e. The number of ether oxygens (including phenoxy) is 1. The van der Waals surface area contributed by atoms with Crippen LogP contribution in [0.4, 0.5) is 0 Å². The van der Waals surface area contributed by atoms with E-state index in [1.54, 1.807) is 0 Å². The molecule has 0 radical (unpaired) electrons. The van der Waals surface area contributed by atoms with Gasteiger partial charge in [-0.25, -0.2) is 0 Å². The number of rotatable bonds is 10. The van der Waals surface area contributed by atoms with Gasteiger partial charge in [-0.15, -0.1) is 0 Å². The first-order chi connectivity index (χ1) is 10.9. The predicted octanol–water partition coefficient (Wildman–Crippen LogP) is 6.88. The minimum atomic E-state index is -1.78. The van der Waals surface area contributed by atoms with Crippen molar-refractivity contribution in [1.29, 1.82) is 5.41 Å². The Hall–Kier alpha value is 0.257. The third kappa shape index (κ3) is 11.0. The Balaban J connectivity index is 3.59. The second-order valence-electron chi connectivity index (χ2n) is 7.42. The minimum absolute atomic E-state index is 0.257. The molecule has 0 aliphatic carbocycles. The molecule has 0 rings (SSSR count). The molecule has 0 atom stereocenters. The third-order valence-corrected chi connectivity index (χ3v) is 9.34. The second kappa shape index (κ2) is 11.1. The fourth-order valence-electron chi connectivity index (χ4n) is 1.66. The first-order valence-corrected chi connectivity index (χ1v) is 12.5. The summed E-state index contributed by atoms with van der Waals surface area (Å²) < 4.78 is 9.40. The molecule has 0 unspecified atom stereocenters. The summed E-state index contributed by atoms with van der Waals surface area (Å²) in [5.41, 5.74) is 0. The van der Waals surface area contributed by atoms with Crippen molar-refractivity contribution in [3.05, 3.63) is 12.2 Å². The highest BCUT2D eigenvalue weighted by molar-refractivity contribution is 6.76. The average Bonchev–Trinajstić information content (AvgIpc) is 2.42. The van der Waals surface area contributed by atoms with Gasteiger partial charge in [-0.05, 0) is 37.4 Å². The summed E-state index contributed by atoms with van der Waals surface area (Å²) in [6.45, 7) is 12.5. The molecule has 0 saturated heterocycles. The van der Waals surface area contributed by atoms with E-state index in [9.17, 15) is 0 Å². The van der Waals surface area contributed by atoms with Crippen LogP contribution in [0.25, 0.3) is 0 Å². The van der Waals surface area contributed by atoms with Crippen molar-refractivity contribution in [3.8, 4) is 0 Å². The van der Waals surface area contributed by atoms with Gasteiger partial charge in [-0.2, -0.15) is 0 Å².